The monoisotopic (exact) mass is 316 g/mol. The molecular weight excluding hydrogens is 300 g/mol. The second kappa shape index (κ2) is 5.88. The van der Waals surface area contributed by atoms with Gasteiger partial charge in [-0.3, -0.25) is 9.69 Å². The van der Waals surface area contributed by atoms with Gasteiger partial charge in [-0.25, -0.2) is 9.78 Å². The molecule has 0 bridgehead atoms. The Bertz CT molecular complexity index is 726. The van der Waals surface area contributed by atoms with Crippen LogP contribution in [0.3, 0.4) is 0 Å². The highest BCUT2D eigenvalue weighted by Crippen LogP contribution is 2.34. The third-order valence-electron chi connectivity index (χ3n) is 3.73. The first-order valence-corrected chi connectivity index (χ1v) is 7.91. The zero-order chi connectivity index (χ0) is 15.7. The van der Waals surface area contributed by atoms with Gasteiger partial charge in [-0.1, -0.05) is 25.1 Å². The molecule has 1 aromatic carbocycles. The Hall–Kier alpha value is -2.21. The maximum atomic E-state index is 12.9. The fourth-order valence-electron chi connectivity index (χ4n) is 2.65. The number of ether oxygens (including phenoxy) is 1. The molecule has 1 atom stereocenters. The summed E-state index contributed by atoms with van der Waals surface area (Å²) in [4.78, 5) is 31.2. The average molecular weight is 316 g/mol. The Morgan fingerprint density at radius 3 is 2.86 bits per heavy atom. The molecule has 1 aliphatic rings. The van der Waals surface area contributed by atoms with Crippen LogP contribution in [0.1, 0.15) is 27.2 Å². The number of amides is 1. The summed E-state index contributed by atoms with van der Waals surface area (Å²) in [5, 5.41) is 0.908. The summed E-state index contributed by atoms with van der Waals surface area (Å²) in [5.41, 5.74) is 1.75. The number of aryl methyl sites for hydroxylation is 1. The van der Waals surface area contributed by atoms with Crippen LogP contribution in [0.25, 0.3) is 0 Å². The average Bonchev–Trinajstić information content (AvgIpc) is 3.17. The Kier molecular flexibility index (Phi) is 3.94. The number of para-hydroxylation sites is 1. The summed E-state index contributed by atoms with van der Waals surface area (Å²) in [6, 6.07) is 6.95. The lowest BCUT2D eigenvalue weighted by atomic mass is 10.1. The van der Waals surface area contributed by atoms with Gasteiger partial charge in [0.25, 0.3) is 5.91 Å². The quantitative estimate of drug-likeness (QED) is 0.816. The second-order valence-electron chi connectivity index (χ2n) is 5.02. The first kappa shape index (κ1) is 14.7. The molecule has 3 rings (SSSR count). The molecule has 0 spiro atoms. The number of hydrogen-bond donors (Lipinski definition) is 0. The number of carbonyl (C=O) groups is 2. The van der Waals surface area contributed by atoms with E-state index in [4.69, 9.17) is 4.74 Å². The van der Waals surface area contributed by atoms with Crippen LogP contribution in [0.5, 0.6) is 0 Å². The third kappa shape index (κ3) is 2.39. The number of carbonyl (C=O) groups excluding carboxylic acids is 2. The SMILES string of the molecule is CCc1ncc(C(=O)N2c3ccccc3C[C@@H]2C(=O)OC)s1. The number of nitrogens with zero attached hydrogens (tertiary/aromatic N) is 2. The van der Waals surface area contributed by atoms with Gasteiger partial charge in [-0.15, -0.1) is 11.3 Å². The Labute approximate surface area is 132 Å². The van der Waals surface area contributed by atoms with Crippen molar-refractivity contribution in [3.63, 3.8) is 0 Å². The predicted octanol–water partition coefficient (Wildman–Crippen LogP) is 2.45. The normalized spacial score (nSPS) is 16.5. The van der Waals surface area contributed by atoms with Gasteiger partial charge in [0.1, 0.15) is 10.9 Å². The van der Waals surface area contributed by atoms with E-state index in [9.17, 15) is 9.59 Å². The van der Waals surface area contributed by atoms with Gasteiger partial charge in [-0.05, 0) is 18.1 Å². The van der Waals surface area contributed by atoms with Crippen molar-refractivity contribution in [3.05, 3.63) is 45.9 Å². The van der Waals surface area contributed by atoms with E-state index in [1.807, 2.05) is 31.2 Å². The summed E-state index contributed by atoms with van der Waals surface area (Å²) >= 11 is 1.37. The van der Waals surface area contributed by atoms with Crippen molar-refractivity contribution >= 4 is 28.9 Å². The lowest BCUT2D eigenvalue weighted by molar-refractivity contribution is -0.141. The highest BCUT2D eigenvalue weighted by Gasteiger charge is 2.39. The smallest absolute Gasteiger partial charge is 0.329 e. The van der Waals surface area contributed by atoms with E-state index in [-0.39, 0.29) is 5.91 Å². The van der Waals surface area contributed by atoms with Crippen LogP contribution in [0.4, 0.5) is 5.69 Å². The standard InChI is InChI=1S/C16H16N2O3S/c1-3-14-17-9-13(22-14)15(19)18-11-7-5-4-6-10(11)8-12(18)16(20)21-2/h4-7,9,12H,3,8H2,1-2H3/t12-/m1/s1. The number of rotatable bonds is 3. The molecule has 1 aromatic heterocycles. The van der Waals surface area contributed by atoms with Crippen LogP contribution in [0, 0.1) is 0 Å². The van der Waals surface area contributed by atoms with Crippen LogP contribution in [0.15, 0.2) is 30.5 Å². The van der Waals surface area contributed by atoms with E-state index >= 15 is 0 Å². The van der Waals surface area contributed by atoms with Crippen molar-refractivity contribution < 1.29 is 14.3 Å². The number of anilines is 1. The topological polar surface area (TPSA) is 59.5 Å². The molecule has 0 N–H and O–H groups in total. The van der Waals surface area contributed by atoms with Crippen LogP contribution >= 0.6 is 11.3 Å². The number of aromatic nitrogens is 1. The van der Waals surface area contributed by atoms with E-state index in [2.05, 4.69) is 4.98 Å². The van der Waals surface area contributed by atoms with Gasteiger partial charge in [0, 0.05) is 12.1 Å². The number of esters is 1. The number of methoxy groups -OCH3 is 1. The van der Waals surface area contributed by atoms with Crippen molar-refractivity contribution in [2.45, 2.75) is 25.8 Å². The summed E-state index contributed by atoms with van der Waals surface area (Å²) in [7, 11) is 1.34. The van der Waals surface area contributed by atoms with Gasteiger partial charge in [0.2, 0.25) is 0 Å². The minimum absolute atomic E-state index is 0.197. The van der Waals surface area contributed by atoms with Gasteiger partial charge in [-0.2, -0.15) is 0 Å². The third-order valence-corrected chi connectivity index (χ3v) is 4.86. The maximum absolute atomic E-state index is 12.9. The van der Waals surface area contributed by atoms with Gasteiger partial charge < -0.3 is 4.74 Å². The molecule has 1 amide bonds. The van der Waals surface area contributed by atoms with Crippen LogP contribution < -0.4 is 4.90 Å². The van der Waals surface area contributed by atoms with Crippen molar-refractivity contribution in [1.82, 2.24) is 4.98 Å². The molecule has 0 unspecified atom stereocenters. The van der Waals surface area contributed by atoms with E-state index < -0.39 is 12.0 Å². The molecular formula is C16H16N2O3S. The zero-order valence-electron chi connectivity index (χ0n) is 12.4. The summed E-state index contributed by atoms with van der Waals surface area (Å²) in [6.07, 6.45) is 2.85. The van der Waals surface area contributed by atoms with E-state index in [0.29, 0.717) is 11.3 Å². The molecule has 0 saturated carbocycles. The van der Waals surface area contributed by atoms with Crippen LogP contribution in [0.2, 0.25) is 0 Å². The molecule has 2 heterocycles. The highest BCUT2D eigenvalue weighted by atomic mass is 32.1. The maximum Gasteiger partial charge on any atom is 0.329 e. The lowest BCUT2D eigenvalue weighted by Gasteiger charge is -2.22. The van der Waals surface area contributed by atoms with Crippen molar-refractivity contribution in [3.8, 4) is 0 Å². The molecule has 0 aliphatic carbocycles. The largest absolute Gasteiger partial charge is 0.467 e. The molecule has 0 radical (unpaired) electrons. The van der Waals surface area contributed by atoms with Crippen LogP contribution in [-0.2, 0) is 22.4 Å². The van der Waals surface area contributed by atoms with E-state index in [1.54, 1.807) is 6.20 Å². The minimum Gasteiger partial charge on any atom is -0.467 e. The fraction of sp³-hybridized carbons (Fsp3) is 0.312. The first-order chi connectivity index (χ1) is 10.7. The minimum atomic E-state index is -0.609. The molecule has 0 saturated heterocycles. The highest BCUT2D eigenvalue weighted by molar-refractivity contribution is 7.13. The van der Waals surface area contributed by atoms with Gasteiger partial charge in [0.15, 0.2) is 0 Å². The molecule has 114 valence electrons. The summed E-state index contributed by atoms with van der Waals surface area (Å²) in [6.45, 7) is 2.00. The van der Waals surface area contributed by atoms with Crippen LogP contribution in [-0.4, -0.2) is 30.0 Å². The summed E-state index contributed by atoms with van der Waals surface area (Å²) < 4.78 is 4.86. The second-order valence-corrected chi connectivity index (χ2v) is 6.13. The van der Waals surface area contributed by atoms with Crippen molar-refractivity contribution in [1.29, 1.82) is 0 Å². The zero-order valence-corrected chi connectivity index (χ0v) is 13.2. The Balaban J connectivity index is 2.00. The molecule has 2 aromatic rings. The Morgan fingerprint density at radius 1 is 1.41 bits per heavy atom. The molecule has 1 aliphatic heterocycles. The van der Waals surface area contributed by atoms with Crippen molar-refractivity contribution in [2.24, 2.45) is 0 Å². The van der Waals surface area contributed by atoms with E-state index in [1.165, 1.54) is 23.3 Å². The lowest BCUT2D eigenvalue weighted by Crippen LogP contribution is -2.43. The Morgan fingerprint density at radius 2 is 2.18 bits per heavy atom. The van der Waals surface area contributed by atoms with E-state index in [0.717, 1.165) is 22.7 Å². The molecule has 6 heteroatoms. The predicted molar refractivity (Wildman–Crippen MR) is 84.3 cm³/mol. The summed E-state index contributed by atoms with van der Waals surface area (Å²) in [5.74, 6) is -0.595. The van der Waals surface area contributed by atoms with Crippen molar-refractivity contribution in [2.75, 3.05) is 12.0 Å². The number of fused-ring (bicyclic) bond motifs is 1. The first-order valence-electron chi connectivity index (χ1n) is 7.09. The fourth-order valence-corrected chi connectivity index (χ4v) is 3.45. The number of benzene rings is 1. The number of thiazole rings is 1. The molecule has 0 fully saturated rings. The molecule has 5 nitrogen and oxygen atoms in total. The van der Waals surface area contributed by atoms with Gasteiger partial charge >= 0.3 is 5.97 Å². The van der Waals surface area contributed by atoms with Gasteiger partial charge in [0.05, 0.1) is 18.3 Å². The number of hydrogen-bond acceptors (Lipinski definition) is 5. The molecule has 22 heavy (non-hydrogen) atoms.